The van der Waals surface area contributed by atoms with Crippen LogP contribution in [0.1, 0.15) is 16.8 Å². The van der Waals surface area contributed by atoms with E-state index in [1.54, 1.807) is 41.6 Å². The van der Waals surface area contributed by atoms with Crippen LogP contribution >= 0.6 is 0 Å². The molecule has 1 amide bonds. The van der Waals surface area contributed by atoms with Gasteiger partial charge in [-0.25, -0.2) is 9.97 Å². The number of ether oxygens (including phenoxy) is 1. The first-order chi connectivity index (χ1) is 12.2. The van der Waals surface area contributed by atoms with Gasteiger partial charge in [-0.1, -0.05) is 0 Å². The van der Waals surface area contributed by atoms with Crippen molar-refractivity contribution >= 4 is 17.5 Å². The minimum atomic E-state index is -0.189. The fourth-order valence-electron chi connectivity index (χ4n) is 2.66. The van der Waals surface area contributed by atoms with Crippen LogP contribution in [-0.4, -0.2) is 47.0 Å². The first-order valence-corrected chi connectivity index (χ1v) is 7.87. The average molecular weight is 338 g/mol. The monoisotopic (exact) mass is 338 g/mol. The van der Waals surface area contributed by atoms with E-state index in [4.69, 9.17) is 10.00 Å². The van der Waals surface area contributed by atoms with E-state index in [2.05, 4.69) is 26.8 Å². The van der Waals surface area contributed by atoms with Crippen LogP contribution in [0.2, 0.25) is 0 Å². The van der Waals surface area contributed by atoms with Gasteiger partial charge in [0, 0.05) is 37.1 Å². The molecule has 25 heavy (non-hydrogen) atoms. The van der Waals surface area contributed by atoms with Crippen molar-refractivity contribution in [3.63, 3.8) is 0 Å². The molecule has 0 radical (unpaired) electrons. The quantitative estimate of drug-likeness (QED) is 0.797. The maximum absolute atomic E-state index is 12.4. The lowest BCUT2D eigenvalue weighted by Crippen LogP contribution is -2.36. The van der Waals surface area contributed by atoms with E-state index in [9.17, 15) is 4.79 Å². The summed E-state index contributed by atoms with van der Waals surface area (Å²) in [7, 11) is 1.54. The van der Waals surface area contributed by atoms with Gasteiger partial charge in [-0.2, -0.15) is 5.26 Å². The van der Waals surface area contributed by atoms with Crippen molar-refractivity contribution in [3.8, 4) is 11.9 Å². The molecule has 8 nitrogen and oxygen atoms in total. The van der Waals surface area contributed by atoms with Gasteiger partial charge in [0.2, 0.25) is 5.95 Å². The minimum absolute atomic E-state index is 0.0198. The summed E-state index contributed by atoms with van der Waals surface area (Å²) >= 11 is 0. The molecule has 1 saturated heterocycles. The average Bonchev–Trinajstić information content (AvgIpc) is 3.10. The summed E-state index contributed by atoms with van der Waals surface area (Å²) < 4.78 is 5.36. The number of hydrogen-bond donors (Lipinski definition) is 2. The van der Waals surface area contributed by atoms with E-state index >= 15 is 0 Å². The second-order valence-corrected chi connectivity index (χ2v) is 5.62. The molecule has 1 aliphatic rings. The Morgan fingerprint density at radius 3 is 2.88 bits per heavy atom. The molecule has 1 aromatic carbocycles. The fraction of sp³-hybridized carbons (Fsp3) is 0.294. The highest BCUT2D eigenvalue weighted by Crippen LogP contribution is 2.27. The maximum atomic E-state index is 12.4. The highest BCUT2D eigenvalue weighted by molar-refractivity contribution is 5.95. The first kappa shape index (κ1) is 16.5. The van der Waals surface area contributed by atoms with Crippen LogP contribution in [0.25, 0.3) is 0 Å². The van der Waals surface area contributed by atoms with E-state index in [-0.39, 0.29) is 11.9 Å². The topological polar surface area (TPSA) is 103 Å². The zero-order valence-electron chi connectivity index (χ0n) is 13.8. The van der Waals surface area contributed by atoms with Gasteiger partial charge in [-0.05, 0) is 30.7 Å². The summed E-state index contributed by atoms with van der Waals surface area (Å²) in [4.78, 5) is 22.3. The molecule has 128 valence electrons. The standard InChI is InChI=1S/C17H18N6O2/c1-25-15-9-12(16(24)21-13-5-8-23(10-13)11-18)3-4-14(15)22-17-19-6-2-7-20-17/h2-4,6-7,9,13H,5,8,10H2,1H3,(H,21,24)(H,19,20,22). The Labute approximate surface area is 145 Å². The molecule has 8 heteroatoms. The Morgan fingerprint density at radius 1 is 1.40 bits per heavy atom. The second kappa shape index (κ2) is 7.49. The van der Waals surface area contributed by atoms with Gasteiger partial charge in [0.15, 0.2) is 6.19 Å². The zero-order valence-corrected chi connectivity index (χ0v) is 13.8. The molecule has 2 N–H and O–H groups in total. The number of methoxy groups -OCH3 is 1. The van der Waals surface area contributed by atoms with E-state index in [0.717, 1.165) is 6.42 Å². The van der Waals surface area contributed by atoms with Gasteiger partial charge in [0.05, 0.1) is 12.8 Å². The van der Waals surface area contributed by atoms with E-state index in [1.807, 2.05) is 0 Å². The highest BCUT2D eigenvalue weighted by Gasteiger charge is 2.23. The third-order valence-corrected chi connectivity index (χ3v) is 3.94. The molecule has 2 heterocycles. The lowest BCUT2D eigenvalue weighted by Gasteiger charge is -2.14. The molecular formula is C17H18N6O2. The number of aromatic nitrogens is 2. The Morgan fingerprint density at radius 2 is 2.20 bits per heavy atom. The molecule has 1 unspecified atom stereocenters. The van der Waals surface area contributed by atoms with Crippen LogP contribution in [-0.2, 0) is 0 Å². The predicted molar refractivity (Wildman–Crippen MR) is 91.4 cm³/mol. The number of carbonyl (C=O) groups is 1. The summed E-state index contributed by atoms with van der Waals surface area (Å²) in [5.74, 6) is 0.774. The first-order valence-electron chi connectivity index (χ1n) is 7.87. The minimum Gasteiger partial charge on any atom is -0.495 e. The molecule has 1 aliphatic heterocycles. The molecule has 2 aromatic rings. The predicted octanol–water partition coefficient (Wildman–Crippen LogP) is 1.51. The largest absolute Gasteiger partial charge is 0.495 e. The fourth-order valence-corrected chi connectivity index (χ4v) is 2.66. The number of amides is 1. The van der Waals surface area contributed by atoms with E-state index in [0.29, 0.717) is 36.0 Å². The second-order valence-electron chi connectivity index (χ2n) is 5.62. The lowest BCUT2D eigenvalue weighted by atomic mass is 10.1. The molecule has 1 atom stereocenters. The lowest BCUT2D eigenvalue weighted by molar-refractivity contribution is 0.0938. The van der Waals surface area contributed by atoms with Gasteiger partial charge in [-0.3, -0.25) is 4.79 Å². The smallest absolute Gasteiger partial charge is 0.251 e. The van der Waals surface area contributed by atoms with Crippen LogP contribution in [0.3, 0.4) is 0 Å². The number of anilines is 2. The van der Waals surface area contributed by atoms with Gasteiger partial charge < -0.3 is 20.3 Å². The van der Waals surface area contributed by atoms with Crippen molar-refractivity contribution in [1.29, 1.82) is 5.26 Å². The molecule has 1 fully saturated rings. The van der Waals surface area contributed by atoms with Crippen molar-refractivity contribution in [1.82, 2.24) is 20.2 Å². The van der Waals surface area contributed by atoms with Gasteiger partial charge in [0.1, 0.15) is 5.75 Å². The normalized spacial score (nSPS) is 16.2. The number of hydrogen-bond acceptors (Lipinski definition) is 7. The summed E-state index contributed by atoms with van der Waals surface area (Å²) in [6.07, 6.45) is 6.13. The molecule has 0 spiro atoms. The van der Waals surface area contributed by atoms with Crippen molar-refractivity contribution in [3.05, 3.63) is 42.2 Å². The molecule has 1 aromatic heterocycles. The van der Waals surface area contributed by atoms with Crippen LogP contribution in [0, 0.1) is 11.5 Å². The summed E-state index contributed by atoms with van der Waals surface area (Å²) in [6, 6.07) is 6.83. The Hall–Kier alpha value is -3.34. The van der Waals surface area contributed by atoms with Crippen molar-refractivity contribution in [2.45, 2.75) is 12.5 Å². The van der Waals surface area contributed by atoms with Gasteiger partial charge in [-0.15, -0.1) is 0 Å². The van der Waals surface area contributed by atoms with Crippen molar-refractivity contribution in [2.75, 3.05) is 25.5 Å². The Kier molecular flexibility index (Phi) is 4.95. The Bertz CT molecular complexity index is 789. The molecule has 0 bridgehead atoms. The molecule has 0 aliphatic carbocycles. The SMILES string of the molecule is COc1cc(C(=O)NC2CCN(C#N)C2)ccc1Nc1ncccn1. The number of nitrogens with zero attached hydrogens (tertiary/aromatic N) is 4. The van der Waals surface area contributed by atoms with Crippen LogP contribution in [0.15, 0.2) is 36.7 Å². The summed E-state index contributed by atoms with van der Waals surface area (Å²) in [6.45, 7) is 1.22. The van der Waals surface area contributed by atoms with Crippen LogP contribution in [0.4, 0.5) is 11.6 Å². The number of nitriles is 1. The van der Waals surface area contributed by atoms with E-state index < -0.39 is 0 Å². The van der Waals surface area contributed by atoms with Gasteiger partial charge in [0.25, 0.3) is 5.91 Å². The van der Waals surface area contributed by atoms with Crippen molar-refractivity contribution < 1.29 is 9.53 Å². The third kappa shape index (κ3) is 3.95. The summed E-state index contributed by atoms with van der Waals surface area (Å²) in [5.41, 5.74) is 1.16. The number of carbonyl (C=O) groups excluding carboxylic acids is 1. The molecular weight excluding hydrogens is 320 g/mol. The zero-order chi connectivity index (χ0) is 17.6. The number of benzene rings is 1. The Balaban J connectivity index is 1.70. The van der Waals surface area contributed by atoms with Crippen LogP contribution in [0.5, 0.6) is 5.75 Å². The molecule has 3 rings (SSSR count). The maximum Gasteiger partial charge on any atom is 0.251 e. The van der Waals surface area contributed by atoms with E-state index in [1.165, 1.54) is 7.11 Å². The third-order valence-electron chi connectivity index (χ3n) is 3.94. The number of nitrogens with one attached hydrogen (secondary N) is 2. The number of likely N-dealkylation sites (tertiary alicyclic amines) is 1. The van der Waals surface area contributed by atoms with Crippen molar-refractivity contribution in [2.24, 2.45) is 0 Å². The van der Waals surface area contributed by atoms with Gasteiger partial charge >= 0.3 is 0 Å². The summed E-state index contributed by atoms with van der Waals surface area (Å²) in [5, 5.41) is 14.9. The highest BCUT2D eigenvalue weighted by atomic mass is 16.5. The molecule has 0 saturated carbocycles. The number of rotatable bonds is 5. The van der Waals surface area contributed by atoms with Crippen LogP contribution < -0.4 is 15.4 Å².